The largest absolute Gasteiger partial charge is 0.481 e. The third-order valence-electron chi connectivity index (χ3n) is 3.99. The molecular weight excluding hydrogens is 254 g/mol. The van der Waals surface area contributed by atoms with E-state index in [1.54, 1.807) is 0 Å². The summed E-state index contributed by atoms with van der Waals surface area (Å²) in [5.41, 5.74) is 0.945. The number of aliphatic hydroxyl groups excluding tert-OH is 1. The van der Waals surface area contributed by atoms with Crippen molar-refractivity contribution >= 4 is 5.97 Å². The molecule has 110 valence electrons. The zero-order valence-corrected chi connectivity index (χ0v) is 11.7. The van der Waals surface area contributed by atoms with Gasteiger partial charge in [0.25, 0.3) is 0 Å². The Labute approximate surface area is 120 Å². The summed E-state index contributed by atoms with van der Waals surface area (Å²) in [6.07, 6.45) is 2.72. The number of carboxylic acid groups (broad SMARTS) is 1. The van der Waals surface area contributed by atoms with Crippen molar-refractivity contribution in [3.05, 3.63) is 35.9 Å². The van der Waals surface area contributed by atoms with E-state index < -0.39 is 12.1 Å². The Morgan fingerprint density at radius 2 is 2.10 bits per heavy atom. The lowest BCUT2D eigenvalue weighted by Gasteiger charge is -2.33. The van der Waals surface area contributed by atoms with Crippen LogP contribution in [0.15, 0.2) is 30.3 Å². The Bertz CT molecular complexity index is 421. The van der Waals surface area contributed by atoms with Crippen molar-refractivity contribution in [2.45, 2.75) is 31.8 Å². The summed E-state index contributed by atoms with van der Waals surface area (Å²) in [7, 11) is 0. The topological polar surface area (TPSA) is 60.8 Å². The molecule has 1 aliphatic rings. The number of likely N-dealkylation sites (tertiary alicyclic amines) is 1. The van der Waals surface area contributed by atoms with Crippen LogP contribution in [0.25, 0.3) is 0 Å². The van der Waals surface area contributed by atoms with Crippen LogP contribution in [0.3, 0.4) is 0 Å². The first-order chi connectivity index (χ1) is 9.65. The normalized spacial score (nSPS) is 21.6. The average molecular weight is 277 g/mol. The number of carbonyl (C=O) groups is 1. The summed E-state index contributed by atoms with van der Waals surface area (Å²) >= 11 is 0. The lowest BCUT2D eigenvalue weighted by molar-refractivity contribution is -0.137. The highest BCUT2D eigenvalue weighted by atomic mass is 16.4. The fraction of sp³-hybridized carbons (Fsp3) is 0.562. The minimum atomic E-state index is -0.716. The summed E-state index contributed by atoms with van der Waals surface area (Å²) in [6.45, 7) is 2.53. The Morgan fingerprint density at radius 1 is 1.35 bits per heavy atom. The van der Waals surface area contributed by atoms with Gasteiger partial charge in [0.15, 0.2) is 0 Å². The highest BCUT2D eigenvalue weighted by Gasteiger charge is 2.22. The van der Waals surface area contributed by atoms with Crippen LogP contribution in [-0.2, 0) is 4.79 Å². The average Bonchev–Trinajstić information content (AvgIpc) is 2.46. The predicted molar refractivity (Wildman–Crippen MR) is 77.4 cm³/mol. The first-order valence-corrected chi connectivity index (χ1v) is 7.32. The second kappa shape index (κ2) is 7.41. The van der Waals surface area contributed by atoms with Crippen molar-refractivity contribution in [3.63, 3.8) is 0 Å². The highest BCUT2D eigenvalue weighted by molar-refractivity contribution is 5.66. The van der Waals surface area contributed by atoms with Crippen molar-refractivity contribution in [1.82, 2.24) is 4.90 Å². The van der Waals surface area contributed by atoms with Gasteiger partial charge in [-0.25, -0.2) is 0 Å². The molecule has 1 aromatic rings. The van der Waals surface area contributed by atoms with Gasteiger partial charge in [0.1, 0.15) is 0 Å². The molecule has 1 fully saturated rings. The van der Waals surface area contributed by atoms with E-state index in [0.29, 0.717) is 12.5 Å². The summed E-state index contributed by atoms with van der Waals surface area (Å²) in [6, 6.07) is 9.70. The monoisotopic (exact) mass is 277 g/mol. The number of rotatable bonds is 6. The van der Waals surface area contributed by atoms with E-state index in [0.717, 1.165) is 37.9 Å². The molecule has 0 amide bonds. The van der Waals surface area contributed by atoms with Gasteiger partial charge in [-0.3, -0.25) is 4.79 Å². The van der Waals surface area contributed by atoms with Crippen LogP contribution in [0.2, 0.25) is 0 Å². The van der Waals surface area contributed by atoms with E-state index in [4.69, 9.17) is 5.11 Å². The lowest BCUT2D eigenvalue weighted by Crippen LogP contribution is -2.38. The van der Waals surface area contributed by atoms with Crippen molar-refractivity contribution in [2.24, 2.45) is 5.92 Å². The molecule has 2 unspecified atom stereocenters. The first kappa shape index (κ1) is 15.0. The molecule has 1 saturated heterocycles. The first-order valence-electron chi connectivity index (χ1n) is 7.32. The molecule has 1 aliphatic heterocycles. The number of β-amino-alcohol motifs (C(OH)–C–C–N with tert-alkyl or cyclic N) is 1. The van der Waals surface area contributed by atoms with Gasteiger partial charge >= 0.3 is 5.97 Å². The molecule has 2 rings (SSSR count). The van der Waals surface area contributed by atoms with Crippen LogP contribution < -0.4 is 0 Å². The van der Waals surface area contributed by atoms with E-state index in [9.17, 15) is 9.90 Å². The zero-order valence-electron chi connectivity index (χ0n) is 11.7. The molecule has 0 spiro atoms. The van der Waals surface area contributed by atoms with Crippen molar-refractivity contribution < 1.29 is 15.0 Å². The van der Waals surface area contributed by atoms with Crippen molar-refractivity contribution in [2.75, 3.05) is 19.6 Å². The van der Waals surface area contributed by atoms with Crippen LogP contribution in [0, 0.1) is 5.92 Å². The minimum Gasteiger partial charge on any atom is -0.481 e. The number of hydrogen-bond donors (Lipinski definition) is 2. The number of carboxylic acids is 1. The second-order valence-corrected chi connectivity index (χ2v) is 5.63. The Kier molecular flexibility index (Phi) is 5.56. The van der Waals surface area contributed by atoms with Gasteiger partial charge < -0.3 is 15.1 Å². The third kappa shape index (κ3) is 4.62. The standard InChI is InChI=1S/C16H23NO3/c18-15(14-6-2-1-3-7-14)12-17-10-4-5-13(11-17)8-9-16(19)20/h1-3,6-7,13,15,18H,4-5,8-12H2,(H,19,20). The van der Waals surface area contributed by atoms with E-state index in [1.807, 2.05) is 30.3 Å². The Balaban J connectivity index is 1.82. The smallest absolute Gasteiger partial charge is 0.303 e. The van der Waals surface area contributed by atoms with Gasteiger partial charge in [-0.05, 0) is 37.3 Å². The molecule has 1 heterocycles. The number of nitrogens with zero attached hydrogens (tertiary/aromatic N) is 1. The van der Waals surface area contributed by atoms with E-state index >= 15 is 0 Å². The Morgan fingerprint density at radius 3 is 2.80 bits per heavy atom. The zero-order chi connectivity index (χ0) is 14.4. The number of aliphatic hydroxyl groups is 1. The minimum absolute atomic E-state index is 0.250. The molecule has 20 heavy (non-hydrogen) atoms. The number of benzene rings is 1. The summed E-state index contributed by atoms with van der Waals surface area (Å²) in [5.74, 6) is -0.269. The predicted octanol–water partition coefficient (Wildman–Crippen LogP) is 2.30. The molecule has 0 saturated carbocycles. The van der Waals surface area contributed by atoms with Crippen LogP contribution in [0.1, 0.15) is 37.4 Å². The van der Waals surface area contributed by atoms with Crippen LogP contribution >= 0.6 is 0 Å². The van der Waals surface area contributed by atoms with Crippen LogP contribution in [-0.4, -0.2) is 40.7 Å². The molecule has 0 radical (unpaired) electrons. The van der Waals surface area contributed by atoms with Gasteiger partial charge in [0.2, 0.25) is 0 Å². The maximum Gasteiger partial charge on any atom is 0.303 e. The lowest BCUT2D eigenvalue weighted by atomic mass is 9.93. The summed E-state index contributed by atoms with van der Waals surface area (Å²) < 4.78 is 0. The van der Waals surface area contributed by atoms with Gasteiger partial charge in [-0.15, -0.1) is 0 Å². The summed E-state index contributed by atoms with van der Waals surface area (Å²) in [5, 5.41) is 19.0. The quantitative estimate of drug-likeness (QED) is 0.837. The maximum absolute atomic E-state index is 10.6. The second-order valence-electron chi connectivity index (χ2n) is 5.63. The fourth-order valence-electron chi connectivity index (χ4n) is 2.91. The number of aliphatic carboxylic acids is 1. The van der Waals surface area contributed by atoms with Crippen molar-refractivity contribution in [3.8, 4) is 0 Å². The Hall–Kier alpha value is -1.39. The SMILES string of the molecule is O=C(O)CCC1CCCN(CC(O)c2ccccc2)C1. The number of hydrogen-bond acceptors (Lipinski definition) is 3. The molecule has 4 heteroatoms. The molecule has 4 nitrogen and oxygen atoms in total. The maximum atomic E-state index is 10.6. The fourth-order valence-corrected chi connectivity index (χ4v) is 2.91. The molecular formula is C16H23NO3. The van der Waals surface area contributed by atoms with Gasteiger partial charge in [-0.2, -0.15) is 0 Å². The van der Waals surface area contributed by atoms with Crippen molar-refractivity contribution in [1.29, 1.82) is 0 Å². The molecule has 2 atom stereocenters. The van der Waals surface area contributed by atoms with E-state index in [2.05, 4.69) is 4.90 Å². The number of piperidine rings is 1. The molecule has 0 aromatic heterocycles. The molecule has 0 bridgehead atoms. The van der Waals surface area contributed by atoms with Crippen LogP contribution in [0.5, 0.6) is 0 Å². The highest BCUT2D eigenvalue weighted by Crippen LogP contribution is 2.23. The van der Waals surface area contributed by atoms with Gasteiger partial charge in [0, 0.05) is 19.5 Å². The third-order valence-corrected chi connectivity index (χ3v) is 3.99. The molecule has 1 aromatic carbocycles. The van der Waals surface area contributed by atoms with E-state index in [1.165, 1.54) is 0 Å². The van der Waals surface area contributed by atoms with Gasteiger partial charge in [0.05, 0.1) is 6.10 Å². The molecule has 2 N–H and O–H groups in total. The van der Waals surface area contributed by atoms with Crippen LogP contribution in [0.4, 0.5) is 0 Å². The van der Waals surface area contributed by atoms with Gasteiger partial charge in [-0.1, -0.05) is 30.3 Å². The summed E-state index contributed by atoms with van der Waals surface area (Å²) in [4.78, 5) is 12.9. The van der Waals surface area contributed by atoms with E-state index in [-0.39, 0.29) is 6.42 Å². The molecule has 0 aliphatic carbocycles.